The van der Waals surface area contributed by atoms with E-state index in [1.54, 1.807) is 34.9 Å². The number of carbonyl (C=O) groups excluding carboxylic acids is 1. The number of amides is 1. The maximum Gasteiger partial charge on any atom is 0.279 e. The smallest absolute Gasteiger partial charge is 0.279 e. The van der Waals surface area contributed by atoms with Crippen LogP contribution in [-0.4, -0.2) is 10.5 Å². The minimum absolute atomic E-state index is 0.238. The molecule has 0 spiro atoms. The summed E-state index contributed by atoms with van der Waals surface area (Å²) in [5.41, 5.74) is 1.16. The number of rotatable bonds is 4. The molecule has 0 radical (unpaired) electrons. The summed E-state index contributed by atoms with van der Waals surface area (Å²) in [7, 11) is 0. The molecule has 4 nitrogen and oxygen atoms in total. The fourth-order valence-electron chi connectivity index (χ4n) is 2.82. The van der Waals surface area contributed by atoms with Crippen LogP contribution in [0.25, 0.3) is 10.2 Å². The lowest BCUT2D eigenvalue weighted by Crippen LogP contribution is -2.16. The van der Waals surface area contributed by atoms with E-state index in [-0.39, 0.29) is 12.4 Å². The zero-order valence-corrected chi connectivity index (χ0v) is 16.0. The first-order valence-electron chi connectivity index (χ1n) is 8.78. The first-order valence-corrected chi connectivity index (χ1v) is 9.60. The highest BCUT2D eigenvalue weighted by atomic mass is 32.1. The molecule has 1 amide bonds. The quantitative estimate of drug-likeness (QED) is 0.451. The fraction of sp³-hybridized carbons (Fsp3) is 0.0435. The van der Waals surface area contributed by atoms with Crippen LogP contribution in [0, 0.1) is 18.2 Å². The van der Waals surface area contributed by atoms with Crippen molar-refractivity contribution >= 4 is 27.5 Å². The second-order valence-electron chi connectivity index (χ2n) is 6.14. The Labute approximate surface area is 170 Å². The normalized spacial score (nSPS) is 11.4. The van der Waals surface area contributed by atoms with Gasteiger partial charge in [0, 0.05) is 5.56 Å². The van der Waals surface area contributed by atoms with Crippen LogP contribution in [-0.2, 0) is 6.54 Å². The average molecular weight is 402 g/mol. The Morgan fingerprint density at radius 1 is 1.07 bits per heavy atom. The van der Waals surface area contributed by atoms with Gasteiger partial charge in [0.25, 0.3) is 5.91 Å². The molecule has 6 heteroatoms. The van der Waals surface area contributed by atoms with Gasteiger partial charge in [-0.1, -0.05) is 35.5 Å². The van der Waals surface area contributed by atoms with Gasteiger partial charge in [-0.05, 0) is 54.6 Å². The van der Waals surface area contributed by atoms with Crippen molar-refractivity contribution in [3.05, 3.63) is 89.0 Å². The van der Waals surface area contributed by atoms with Crippen LogP contribution in [0.3, 0.4) is 0 Å². The standard InChI is InChI=1S/C23H15FN2O2S/c1-2-14-26-20-13-10-17(24)15-21(20)29-23(26)25-22(27)16-8-11-19(12-9-16)28-18-6-4-3-5-7-18/h1,3-13,15H,14H2. The topological polar surface area (TPSA) is 43.6 Å². The molecule has 0 aliphatic heterocycles. The number of aromatic nitrogens is 1. The summed E-state index contributed by atoms with van der Waals surface area (Å²) in [5.74, 6) is 3.12. The molecular formula is C23H15FN2O2S. The number of fused-ring (bicyclic) bond motifs is 1. The predicted molar refractivity (Wildman–Crippen MR) is 111 cm³/mol. The Morgan fingerprint density at radius 3 is 2.52 bits per heavy atom. The molecule has 142 valence electrons. The monoisotopic (exact) mass is 402 g/mol. The lowest BCUT2D eigenvalue weighted by atomic mass is 10.2. The van der Waals surface area contributed by atoms with Crippen molar-refractivity contribution < 1.29 is 13.9 Å². The minimum Gasteiger partial charge on any atom is -0.457 e. The SMILES string of the molecule is C#CCn1c(=NC(=O)c2ccc(Oc3ccccc3)cc2)sc2cc(F)ccc21. The molecule has 4 aromatic rings. The number of terminal acetylenes is 1. The third-order valence-electron chi connectivity index (χ3n) is 4.17. The van der Waals surface area contributed by atoms with E-state index in [0.29, 0.717) is 26.6 Å². The highest BCUT2D eigenvalue weighted by Crippen LogP contribution is 2.22. The summed E-state index contributed by atoms with van der Waals surface area (Å²) < 4.78 is 21.7. The Kier molecular flexibility index (Phi) is 5.23. The van der Waals surface area contributed by atoms with Crippen LogP contribution in [0.2, 0.25) is 0 Å². The van der Waals surface area contributed by atoms with E-state index in [2.05, 4.69) is 10.9 Å². The molecule has 0 saturated heterocycles. The van der Waals surface area contributed by atoms with Crippen molar-refractivity contribution in [3.63, 3.8) is 0 Å². The van der Waals surface area contributed by atoms with Crippen molar-refractivity contribution in [1.29, 1.82) is 0 Å². The van der Waals surface area contributed by atoms with Crippen molar-refractivity contribution in [2.45, 2.75) is 6.54 Å². The highest BCUT2D eigenvalue weighted by molar-refractivity contribution is 7.16. The van der Waals surface area contributed by atoms with E-state index in [9.17, 15) is 9.18 Å². The van der Waals surface area contributed by atoms with Gasteiger partial charge in [-0.15, -0.1) is 6.42 Å². The number of halogens is 1. The van der Waals surface area contributed by atoms with Gasteiger partial charge in [0.15, 0.2) is 4.80 Å². The van der Waals surface area contributed by atoms with Crippen LogP contribution in [0.5, 0.6) is 11.5 Å². The van der Waals surface area contributed by atoms with Crippen molar-refractivity contribution in [2.24, 2.45) is 4.99 Å². The molecule has 0 unspecified atom stereocenters. The Morgan fingerprint density at radius 2 is 1.79 bits per heavy atom. The molecule has 29 heavy (non-hydrogen) atoms. The summed E-state index contributed by atoms with van der Waals surface area (Å²) >= 11 is 1.22. The number of thiazole rings is 1. The molecule has 3 aromatic carbocycles. The summed E-state index contributed by atoms with van der Waals surface area (Å²) in [6, 6.07) is 20.5. The van der Waals surface area contributed by atoms with Gasteiger partial charge >= 0.3 is 0 Å². The lowest BCUT2D eigenvalue weighted by Gasteiger charge is -2.05. The first-order chi connectivity index (χ1) is 14.1. The molecular weight excluding hydrogens is 387 g/mol. The van der Waals surface area contributed by atoms with Gasteiger partial charge in [-0.3, -0.25) is 4.79 Å². The summed E-state index contributed by atoms with van der Waals surface area (Å²) in [4.78, 5) is 17.3. The van der Waals surface area contributed by atoms with Crippen LogP contribution in [0.4, 0.5) is 4.39 Å². The number of carbonyl (C=O) groups is 1. The summed E-state index contributed by atoms with van der Waals surface area (Å²) in [6.45, 7) is 0.238. The molecule has 0 bridgehead atoms. The molecule has 4 rings (SSSR count). The zero-order valence-electron chi connectivity index (χ0n) is 15.2. The predicted octanol–water partition coefficient (Wildman–Crippen LogP) is 5.01. The van der Waals surface area contributed by atoms with E-state index >= 15 is 0 Å². The Balaban J connectivity index is 1.64. The first kappa shape index (κ1) is 18.7. The van der Waals surface area contributed by atoms with E-state index in [1.165, 1.54) is 23.5 Å². The summed E-state index contributed by atoms with van der Waals surface area (Å²) in [6.07, 6.45) is 5.45. The van der Waals surface area contributed by atoms with Crippen LogP contribution < -0.4 is 9.54 Å². The Bertz CT molecular complexity index is 1280. The fourth-order valence-corrected chi connectivity index (χ4v) is 3.87. The third kappa shape index (κ3) is 4.10. The van der Waals surface area contributed by atoms with Crippen molar-refractivity contribution in [1.82, 2.24) is 4.57 Å². The molecule has 0 saturated carbocycles. The van der Waals surface area contributed by atoms with Gasteiger partial charge in [0.05, 0.1) is 16.8 Å². The van der Waals surface area contributed by atoms with Gasteiger partial charge in [0.1, 0.15) is 17.3 Å². The van der Waals surface area contributed by atoms with Crippen molar-refractivity contribution in [3.8, 4) is 23.8 Å². The van der Waals surface area contributed by atoms with Gasteiger partial charge in [-0.25, -0.2) is 4.39 Å². The molecule has 0 N–H and O–H groups in total. The van der Waals surface area contributed by atoms with E-state index in [4.69, 9.17) is 11.2 Å². The molecule has 0 aliphatic carbocycles. The van der Waals surface area contributed by atoms with Gasteiger partial charge in [-0.2, -0.15) is 4.99 Å². The molecule has 1 aromatic heterocycles. The number of benzene rings is 3. The van der Waals surface area contributed by atoms with Crippen LogP contribution in [0.15, 0.2) is 77.8 Å². The van der Waals surface area contributed by atoms with Crippen molar-refractivity contribution in [2.75, 3.05) is 0 Å². The number of hydrogen-bond donors (Lipinski definition) is 0. The number of hydrogen-bond acceptors (Lipinski definition) is 3. The molecule has 0 aliphatic rings. The van der Waals surface area contributed by atoms with Crippen LogP contribution in [0.1, 0.15) is 10.4 Å². The third-order valence-corrected chi connectivity index (χ3v) is 5.21. The average Bonchev–Trinajstić information content (AvgIpc) is 3.05. The second-order valence-corrected chi connectivity index (χ2v) is 7.15. The van der Waals surface area contributed by atoms with E-state index in [0.717, 1.165) is 5.52 Å². The van der Waals surface area contributed by atoms with Gasteiger partial charge in [0.2, 0.25) is 0 Å². The highest BCUT2D eigenvalue weighted by Gasteiger charge is 2.10. The molecule has 1 heterocycles. The van der Waals surface area contributed by atoms with E-state index < -0.39 is 5.91 Å². The Hall–Kier alpha value is -3.69. The van der Waals surface area contributed by atoms with Gasteiger partial charge < -0.3 is 9.30 Å². The summed E-state index contributed by atoms with van der Waals surface area (Å²) in [5, 5.41) is 0. The zero-order chi connectivity index (χ0) is 20.2. The van der Waals surface area contributed by atoms with Crippen LogP contribution >= 0.6 is 11.3 Å². The molecule has 0 atom stereocenters. The molecule has 0 fully saturated rings. The maximum absolute atomic E-state index is 13.5. The lowest BCUT2D eigenvalue weighted by molar-refractivity contribution is 0.0998. The number of nitrogens with zero attached hydrogens (tertiary/aromatic N) is 2. The number of para-hydroxylation sites is 1. The minimum atomic E-state index is -0.408. The second kappa shape index (κ2) is 8.13. The largest absolute Gasteiger partial charge is 0.457 e. The van der Waals surface area contributed by atoms with E-state index in [1.807, 2.05) is 30.3 Å². The number of ether oxygens (including phenoxy) is 1. The maximum atomic E-state index is 13.5.